The summed E-state index contributed by atoms with van der Waals surface area (Å²) in [6.45, 7) is 11.4. The van der Waals surface area contributed by atoms with Crippen LogP contribution in [0.2, 0.25) is 0 Å². The lowest BCUT2D eigenvalue weighted by Gasteiger charge is -2.35. The molecule has 2 aliphatic rings. The largest absolute Gasteiger partial charge is 0.494 e. The van der Waals surface area contributed by atoms with E-state index in [9.17, 15) is 22.9 Å². The third kappa shape index (κ3) is 10.3. The molecule has 0 spiro atoms. The fourth-order valence-electron chi connectivity index (χ4n) is 8.42. The molecule has 62 heavy (non-hydrogen) atoms. The quantitative estimate of drug-likeness (QED) is 0.0375. The number of carbonyl (C=O) groups excluding carboxylic acids is 2. The lowest BCUT2D eigenvalue weighted by Crippen LogP contribution is -2.44. The maximum Gasteiger partial charge on any atom is 0.234 e. The second-order valence-electron chi connectivity index (χ2n) is 16.2. The van der Waals surface area contributed by atoms with Gasteiger partial charge in [0.25, 0.3) is 0 Å². The van der Waals surface area contributed by atoms with Crippen molar-refractivity contribution in [2.45, 2.75) is 64.3 Å². The number of aryl methyl sites for hydroxylation is 2. The lowest BCUT2D eigenvalue weighted by molar-refractivity contribution is -0.134. The van der Waals surface area contributed by atoms with Crippen LogP contribution in [0.4, 0.5) is 37.6 Å². The zero-order valence-electron chi connectivity index (χ0n) is 35.6. The van der Waals surface area contributed by atoms with Gasteiger partial charge in [0.05, 0.1) is 28.9 Å². The summed E-state index contributed by atoms with van der Waals surface area (Å²) in [7, 11) is -1.08. The second-order valence-corrected chi connectivity index (χ2v) is 20.2. The number of hydrogen-bond donors (Lipinski definition) is 5. The highest BCUT2D eigenvalue weighted by molar-refractivity contribution is 9.10. The number of imide groups is 1. The van der Waals surface area contributed by atoms with E-state index in [2.05, 4.69) is 76.4 Å². The van der Waals surface area contributed by atoms with E-state index < -0.39 is 36.5 Å². The highest BCUT2D eigenvalue weighted by Crippen LogP contribution is 2.43. The minimum atomic E-state index is -2.73. The minimum absolute atomic E-state index is 0.0565. The number of hydrogen-bond acceptors (Lipinski definition) is 12. The molecule has 3 aromatic carbocycles. The Bertz CT molecular complexity index is 2510. The molecule has 2 amide bonds. The number of piperidine rings is 2. The van der Waals surface area contributed by atoms with Gasteiger partial charge in [-0.15, -0.1) is 0 Å². The lowest BCUT2D eigenvalue weighted by atomic mass is 9.89. The van der Waals surface area contributed by atoms with Gasteiger partial charge in [-0.1, -0.05) is 13.0 Å². The summed E-state index contributed by atoms with van der Waals surface area (Å²) in [5, 5.41) is 18.6. The third-order valence-electron chi connectivity index (χ3n) is 11.6. The number of fused-ring (bicyclic) bond motifs is 1. The Labute approximate surface area is 369 Å². The van der Waals surface area contributed by atoms with Crippen molar-refractivity contribution in [3.8, 4) is 5.75 Å². The van der Waals surface area contributed by atoms with Crippen molar-refractivity contribution in [2.24, 2.45) is 0 Å². The Morgan fingerprint density at radius 2 is 1.71 bits per heavy atom. The van der Waals surface area contributed by atoms with Crippen LogP contribution in [0.5, 0.6) is 5.75 Å². The fourth-order valence-corrected chi connectivity index (χ4v) is 10.2. The summed E-state index contributed by atoms with van der Waals surface area (Å²) in [5.74, 6) is -2.05. The van der Waals surface area contributed by atoms with Crippen LogP contribution in [0.25, 0.3) is 10.8 Å². The van der Waals surface area contributed by atoms with Gasteiger partial charge in [-0.3, -0.25) is 19.9 Å². The van der Waals surface area contributed by atoms with Crippen LogP contribution in [0, 0.1) is 18.6 Å². The number of rotatable bonds is 16. The first kappa shape index (κ1) is 45.0. The first-order valence-electron chi connectivity index (χ1n) is 21.0. The van der Waals surface area contributed by atoms with Crippen molar-refractivity contribution in [1.29, 1.82) is 0 Å². The van der Waals surface area contributed by atoms with Crippen molar-refractivity contribution in [2.75, 3.05) is 68.7 Å². The van der Waals surface area contributed by atoms with Crippen LogP contribution in [0.3, 0.4) is 0 Å². The first-order chi connectivity index (χ1) is 29.7. The number of anilines is 5. The van der Waals surface area contributed by atoms with Gasteiger partial charge in [0.2, 0.25) is 17.8 Å². The zero-order chi connectivity index (χ0) is 44.1. The summed E-state index contributed by atoms with van der Waals surface area (Å²) >= 11 is 3.60. The van der Waals surface area contributed by atoms with Crippen LogP contribution >= 0.6 is 23.1 Å². The van der Waals surface area contributed by atoms with E-state index in [0.29, 0.717) is 58.8 Å². The molecule has 0 unspecified atom stereocenters. The summed E-state index contributed by atoms with van der Waals surface area (Å²) in [6.07, 6.45) is 6.74. The van der Waals surface area contributed by atoms with E-state index in [4.69, 9.17) is 9.72 Å². The minimum Gasteiger partial charge on any atom is -0.494 e. The third-order valence-corrected chi connectivity index (χ3v) is 13.7. The van der Waals surface area contributed by atoms with Gasteiger partial charge in [-0.2, -0.15) is 4.98 Å². The van der Waals surface area contributed by atoms with Crippen molar-refractivity contribution in [1.82, 2.24) is 30.9 Å². The molecule has 2 aliphatic heterocycles. The van der Waals surface area contributed by atoms with E-state index in [1.165, 1.54) is 12.1 Å². The van der Waals surface area contributed by atoms with E-state index in [-0.39, 0.29) is 18.4 Å². The topological polar surface area (TPSA) is 162 Å². The average molecular weight is 933 g/mol. The van der Waals surface area contributed by atoms with Crippen molar-refractivity contribution in [3.05, 3.63) is 93.3 Å². The summed E-state index contributed by atoms with van der Waals surface area (Å²) in [4.78, 5) is 39.8. The van der Waals surface area contributed by atoms with E-state index in [1.54, 1.807) is 32.8 Å². The van der Waals surface area contributed by atoms with E-state index in [0.717, 1.165) is 77.6 Å². The van der Waals surface area contributed by atoms with E-state index in [1.807, 2.05) is 25.1 Å². The normalized spacial score (nSPS) is 16.1. The van der Waals surface area contributed by atoms with Gasteiger partial charge >= 0.3 is 0 Å². The Kier molecular flexibility index (Phi) is 14.2. The number of amides is 2. The Hall–Kier alpha value is -5.02. The molecule has 0 aliphatic carbocycles. The number of carbonyl (C=O) groups is 2. The highest BCUT2D eigenvalue weighted by atomic mass is 79.9. The number of pyridine rings is 1. The standard InChI is InChI=1S/C45H53BrF2N9O4P/c1-6-28-23-37(54-45-52-25-33(46)43(56-45)53-36-9-7-30-26(2)50-16-12-31(30)42(36)62(4,5)60)39(61-3)24-38(28)57-19-13-29(14-20-57)51-18-17-49-15-11-27-21-34(47)41(35(48)22-27)32-8-10-40(58)55-44(32)59/h7,9,12,16,21-25,29,32,49,51H,6,8,10-11,13-15,17-20H2,1-5H3,(H,55,58,59)(H2,52,53,54,56)/t32-/m1/s1. The van der Waals surface area contributed by atoms with E-state index >= 15 is 0 Å². The maximum absolute atomic E-state index is 14.9. The molecular formula is C45H53BrF2N9O4P. The summed E-state index contributed by atoms with van der Waals surface area (Å²) in [6, 6.07) is 12.9. The maximum atomic E-state index is 14.9. The molecule has 328 valence electrons. The zero-order valence-corrected chi connectivity index (χ0v) is 38.1. The highest BCUT2D eigenvalue weighted by Gasteiger charge is 2.32. The fraction of sp³-hybridized carbons (Fsp3) is 0.400. The molecule has 2 aromatic heterocycles. The Morgan fingerprint density at radius 3 is 2.40 bits per heavy atom. The number of benzene rings is 3. The van der Waals surface area contributed by atoms with Crippen LogP contribution in [-0.2, 0) is 27.0 Å². The number of ether oxygens (including phenoxy) is 1. The predicted molar refractivity (Wildman–Crippen MR) is 246 cm³/mol. The van der Waals surface area contributed by atoms with Crippen molar-refractivity contribution >= 4 is 79.8 Å². The van der Waals surface area contributed by atoms with Gasteiger partial charge in [-0.25, -0.2) is 13.8 Å². The molecule has 0 saturated carbocycles. The van der Waals surface area contributed by atoms with Gasteiger partial charge in [0.1, 0.15) is 30.3 Å². The molecule has 7 rings (SSSR count). The number of halogens is 3. The van der Waals surface area contributed by atoms with Gasteiger partial charge in [0.15, 0.2) is 0 Å². The van der Waals surface area contributed by atoms with Gasteiger partial charge < -0.3 is 35.5 Å². The molecule has 1 atom stereocenters. The molecule has 2 saturated heterocycles. The first-order valence-corrected chi connectivity index (χ1v) is 24.3. The Morgan fingerprint density at radius 1 is 0.952 bits per heavy atom. The summed E-state index contributed by atoms with van der Waals surface area (Å²) < 4.78 is 50.0. The average Bonchev–Trinajstić information content (AvgIpc) is 3.23. The number of methoxy groups -OCH3 is 1. The summed E-state index contributed by atoms with van der Waals surface area (Å²) in [5.41, 5.74) is 4.84. The second kappa shape index (κ2) is 19.6. The molecule has 0 bridgehead atoms. The van der Waals surface area contributed by atoms with Gasteiger partial charge in [-0.05, 0) is 122 Å². The molecule has 5 N–H and O–H groups in total. The molecule has 13 nitrogen and oxygen atoms in total. The smallest absolute Gasteiger partial charge is 0.234 e. The van der Waals surface area contributed by atoms with Gasteiger partial charge in [0, 0.05) is 84.7 Å². The number of nitrogens with zero attached hydrogens (tertiary/aromatic N) is 4. The number of nitrogens with one attached hydrogen (secondary N) is 5. The Balaban J connectivity index is 0.923. The van der Waals surface area contributed by atoms with Crippen molar-refractivity contribution in [3.63, 3.8) is 0 Å². The van der Waals surface area contributed by atoms with Crippen molar-refractivity contribution < 1.29 is 27.7 Å². The molecule has 4 heterocycles. The number of aromatic nitrogens is 3. The molecule has 5 aromatic rings. The molecule has 2 fully saturated rings. The predicted octanol–water partition coefficient (Wildman–Crippen LogP) is 7.59. The SMILES string of the molecule is CCc1cc(Nc2ncc(Br)c(Nc3ccc4c(C)nccc4c3P(C)(C)=O)n2)c(OC)cc1N1CCC(NCCNCCc2cc(F)c([C@H]3CCC(=O)NC3=O)c(F)c2)CC1. The molecular weight excluding hydrogens is 879 g/mol. The van der Waals surface area contributed by atoms with Crippen LogP contribution in [-0.4, -0.2) is 86.0 Å². The molecule has 17 heteroatoms. The van der Waals surface area contributed by atoms with Crippen LogP contribution in [0.15, 0.2) is 59.3 Å². The molecule has 0 radical (unpaired) electrons. The van der Waals surface area contributed by atoms with Crippen LogP contribution < -0.4 is 41.5 Å². The monoisotopic (exact) mass is 931 g/mol. The van der Waals surface area contributed by atoms with Crippen LogP contribution in [0.1, 0.15) is 60.9 Å².